The molecule has 1 saturated heterocycles. The maximum atomic E-state index is 12.2. The molecule has 0 bridgehead atoms. The van der Waals surface area contributed by atoms with Crippen LogP contribution in [0.25, 0.3) is 0 Å². The Morgan fingerprint density at radius 3 is 2.59 bits per heavy atom. The first-order valence-corrected chi connectivity index (χ1v) is 6.96. The smallest absolute Gasteiger partial charge is 0.410 e. The minimum Gasteiger partial charge on any atom is -0.467 e. The molecule has 1 aromatic rings. The number of benzene rings is 1. The number of ether oxygens (including phenoxy) is 2. The van der Waals surface area contributed by atoms with Crippen LogP contribution in [0.4, 0.5) is 4.79 Å². The zero-order valence-electron chi connectivity index (χ0n) is 12.2. The number of methoxy groups -OCH3 is 1. The number of amides is 1. The Kier molecular flexibility index (Phi) is 5.35. The van der Waals surface area contributed by atoms with Crippen molar-refractivity contribution in [3.63, 3.8) is 0 Å². The lowest BCUT2D eigenvalue weighted by Gasteiger charge is -2.38. The number of rotatable bonds is 3. The van der Waals surface area contributed by atoms with E-state index in [9.17, 15) is 19.8 Å². The molecule has 120 valence electrons. The van der Waals surface area contributed by atoms with Gasteiger partial charge in [0.25, 0.3) is 0 Å². The molecule has 22 heavy (non-hydrogen) atoms. The van der Waals surface area contributed by atoms with Crippen molar-refractivity contribution in [1.82, 2.24) is 4.90 Å². The normalized spacial score (nSPS) is 24.7. The highest BCUT2D eigenvalue weighted by molar-refractivity contribution is 5.82. The van der Waals surface area contributed by atoms with Gasteiger partial charge in [-0.2, -0.15) is 0 Å². The van der Waals surface area contributed by atoms with Gasteiger partial charge in [-0.05, 0) is 12.0 Å². The number of hydrogen-bond acceptors (Lipinski definition) is 6. The number of esters is 1. The van der Waals surface area contributed by atoms with Crippen LogP contribution >= 0.6 is 0 Å². The van der Waals surface area contributed by atoms with E-state index < -0.39 is 30.3 Å². The lowest BCUT2D eigenvalue weighted by molar-refractivity contribution is -0.159. The highest BCUT2D eigenvalue weighted by atomic mass is 16.6. The van der Waals surface area contributed by atoms with Crippen molar-refractivity contribution in [2.24, 2.45) is 0 Å². The Balaban J connectivity index is 2.04. The van der Waals surface area contributed by atoms with Gasteiger partial charge < -0.3 is 19.7 Å². The van der Waals surface area contributed by atoms with Crippen molar-refractivity contribution in [2.75, 3.05) is 13.7 Å². The zero-order valence-corrected chi connectivity index (χ0v) is 12.2. The maximum Gasteiger partial charge on any atom is 0.410 e. The summed E-state index contributed by atoms with van der Waals surface area (Å²) in [6.45, 7) is 0.161. The molecule has 7 nitrogen and oxygen atoms in total. The second kappa shape index (κ2) is 7.24. The summed E-state index contributed by atoms with van der Waals surface area (Å²) in [5, 5.41) is 19.6. The number of nitrogens with zero attached hydrogens (tertiary/aromatic N) is 1. The van der Waals surface area contributed by atoms with Gasteiger partial charge in [-0.1, -0.05) is 30.3 Å². The fraction of sp³-hybridized carbons (Fsp3) is 0.467. The number of aliphatic hydroxyl groups is 2. The van der Waals surface area contributed by atoms with Gasteiger partial charge in [0.2, 0.25) is 0 Å². The average Bonchev–Trinajstić information content (AvgIpc) is 2.55. The number of piperidine rings is 1. The second-order valence-corrected chi connectivity index (χ2v) is 5.05. The molecule has 1 fully saturated rings. The topological polar surface area (TPSA) is 96.3 Å². The third-order valence-corrected chi connectivity index (χ3v) is 3.60. The van der Waals surface area contributed by atoms with E-state index >= 15 is 0 Å². The summed E-state index contributed by atoms with van der Waals surface area (Å²) in [5.41, 5.74) is 0.808. The van der Waals surface area contributed by atoms with Gasteiger partial charge in [-0.25, -0.2) is 9.59 Å². The molecule has 2 rings (SSSR count). The molecule has 0 radical (unpaired) electrons. The molecule has 0 unspecified atom stereocenters. The molecular formula is C15H19NO6. The van der Waals surface area contributed by atoms with Crippen molar-refractivity contribution in [2.45, 2.75) is 31.3 Å². The van der Waals surface area contributed by atoms with Crippen LogP contribution in [-0.2, 0) is 20.9 Å². The highest BCUT2D eigenvalue weighted by Gasteiger charge is 2.44. The van der Waals surface area contributed by atoms with Crippen molar-refractivity contribution in [1.29, 1.82) is 0 Å². The Morgan fingerprint density at radius 2 is 1.95 bits per heavy atom. The number of carbonyl (C=O) groups excluding carboxylic acids is 2. The van der Waals surface area contributed by atoms with Gasteiger partial charge >= 0.3 is 12.1 Å². The summed E-state index contributed by atoms with van der Waals surface area (Å²) < 4.78 is 9.75. The quantitative estimate of drug-likeness (QED) is 0.779. The van der Waals surface area contributed by atoms with Gasteiger partial charge in [-0.3, -0.25) is 4.90 Å². The molecule has 1 aliphatic heterocycles. The molecule has 0 saturated carbocycles. The van der Waals surface area contributed by atoms with Crippen LogP contribution in [0, 0.1) is 0 Å². The monoisotopic (exact) mass is 309 g/mol. The first kappa shape index (κ1) is 16.3. The van der Waals surface area contributed by atoms with Crippen molar-refractivity contribution < 1.29 is 29.3 Å². The van der Waals surface area contributed by atoms with Crippen LogP contribution < -0.4 is 0 Å². The van der Waals surface area contributed by atoms with E-state index in [4.69, 9.17) is 4.74 Å². The lowest BCUT2D eigenvalue weighted by Crippen LogP contribution is -2.60. The summed E-state index contributed by atoms with van der Waals surface area (Å²) in [4.78, 5) is 25.0. The Bertz CT molecular complexity index is 520. The van der Waals surface area contributed by atoms with E-state index in [0.29, 0.717) is 0 Å². The Hall–Kier alpha value is -2.12. The van der Waals surface area contributed by atoms with E-state index in [2.05, 4.69) is 4.74 Å². The SMILES string of the molecule is COC(=O)[C@@H]1[C@H](O)[C@H](O)CCN1C(=O)OCc1ccccc1. The molecule has 1 aromatic carbocycles. The Labute approximate surface area is 128 Å². The highest BCUT2D eigenvalue weighted by Crippen LogP contribution is 2.21. The van der Waals surface area contributed by atoms with E-state index in [-0.39, 0.29) is 19.6 Å². The zero-order chi connectivity index (χ0) is 16.1. The van der Waals surface area contributed by atoms with Crippen LogP contribution in [0.1, 0.15) is 12.0 Å². The van der Waals surface area contributed by atoms with Crippen LogP contribution in [0.15, 0.2) is 30.3 Å². The fourth-order valence-corrected chi connectivity index (χ4v) is 2.37. The molecule has 0 spiro atoms. The molecule has 3 atom stereocenters. The molecule has 1 amide bonds. The minimum absolute atomic E-state index is 0.0582. The molecule has 0 aliphatic carbocycles. The first-order valence-electron chi connectivity index (χ1n) is 6.96. The van der Waals surface area contributed by atoms with Crippen LogP contribution in [0.5, 0.6) is 0 Å². The van der Waals surface area contributed by atoms with Crippen LogP contribution in [-0.4, -0.2) is 59.1 Å². The molecule has 7 heteroatoms. The van der Waals surface area contributed by atoms with E-state index in [0.717, 1.165) is 17.6 Å². The van der Waals surface area contributed by atoms with Gasteiger partial charge in [-0.15, -0.1) is 0 Å². The van der Waals surface area contributed by atoms with E-state index in [1.165, 1.54) is 0 Å². The van der Waals surface area contributed by atoms with Crippen LogP contribution in [0.2, 0.25) is 0 Å². The number of hydrogen-bond donors (Lipinski definition) is 2. The van der Waals surface area contributed by atoms with Gasteiger partial charge in [0, 0.05) is 6.54 Å². The number of aliphatic hydroxyl groups excluding tert-OH is 2. The fourth-order valence-electron chi connectivity index (χ4n) is 2.37. The third-order valence-electron chi connectivity index (χ3n) is 3.60. The lowest BCUT2D eigenvalue weighted by atomic mass is 9.96. The predicted molar refractivity (Wildman–Crippen MR) is 75.8 cm³/mol. The second-order valence-electron chi connectivity index (χ2n) is 5.05. The van der Waals surface area contributed by atoms with Crippen LogP contribution in [0.3, 0.4) is 0 Å². The largest absolute Gasteiger partial charge is 0.467 e. The molecule has 0 aromatic heterocycles. The standard InChI is InChI=1S/C15H19NO6/c1-21-14(19)12-13(18)11(17)7-8-16(12)15(20)22-9-10-5-3-2-4-6-10/h2-6,11-13,17-18H,7-9H2,1H3/t11-,12+,13-/m1/s1. The number of likely N-dealkylation sites (tertiary alicyclic amines) is 1. The summed E-state index contributed by atoms with van der Waals surface area (Å²) >= 11 is 0. The molecule has 2 N–H and O–H groups in total. The van der Waals surface area contributed by atoms with Crippen molar-refractivity contribution in [3.8, 4) is 0 Å². The first-order chi connectivity index (χ1) is 10.5. The molecule has 1 aliphatic rings. The summed E-state index contributed by atoms with van der Waals surface area (Å²) in [6, 6.07) is 7.83. The predicted octanol–water partition coefficient (Wildman–Crippen LogP) is 0.292. The molecule has 1 heterocycles. The molecular weight excluding hydrogens is 290 g/mol. The maximum absolute atomic E-state index is 12.2. The van der Waals surface area contributed by atoms with Gasteiger partial charge in [0.05, 0.1) is 13.2 Å². The average molecular weight is 309 g/mol. The van der Waals surface area contributed by atoms with Crippen molar-refractivity contribution in [3.05, 3.63) is 35.9 Å². The summed E-state index contributed by atoms with van der Waals surface area (Å²) in [6.07, 6.45) is -3.05. The van der Waals surface area contributed by atoms with E-state index in [1.54, 1.807) is 12.1 Å². The third kappa shape index (κ3) is 3.55. The summed E-state index contributed by atoms with van der Waals surface area (Å²) in [7, 11) is 1.16. The number of carbonyl (C=O) groups is 2. The summed E-state index contributed by atoms with van der Waals surface area (Å²) in [5.74, 6) is -0.789. The van der Waals surface area contributed by atoms with Gasteiger partial charge in [0.1, 0.15) is 12.7 Å². The van der Waals surface area contributed by atoms with E-state index in [1.807, 2.05) is 18.2 Å². The van der Waals surface area contributed by atoms with Crippen molar-refractivity contribution >= 4 is 12.1 Å². The van der Waals surface area contributed by atoms with Gasteiger partial charge in [0.15, 0.2) is 6.04 Å². The minimum atomic E-state index is -1.40. The Morgan fingerprint density at radius 1 is 1.27 bits per heavy atom.